The van der Waals surface area contributed by atoms with Crippen molar-refractivity contribution >= 4 is 11.7 Å². The fourth-order valence-electron chi connectivity index (χ4n) is 1.50. The van der Waals surface area contributed by atoms with Crippen molar-refractivity contribution in [2.24, 2.45) is 0 Å². The fraction of sp³-hybridized carbons (Fsp3) is 0.0769. The van der Waals surface area contributed by atoms with Crippen LogP contribution >= 0.6 is 0 Å². The molecule has 0 atom stereocenters. The topological polar surface area (TPSA) is 106 Å². The van der Waals surface area contributed by atoms with Gasteiger partial charge in [-0.25, -0.2) is 9.78 Å². The Morgan fingerprint density at radius 1 is 1.26 bits per heavy atom. The zero-order valence-corrected chi connectivity index (χ0v) is 9.91. The third-order valence-corrected chi connectivity index (χ3v) is 2.50. The molecular weight excluding hydrogens is 248 g/mol. The molecular formula is C13H12N2O4. The molecule has 0 spiro atoms. The van der Waals surface area contributed by atoms with Gasteiger partial charge in [-0.3, -0.25) is 0 Å². The molecule has 0 bridgehead atoms. The smallest absolute Gasteiger partial charge is 0.338 e. The number of pyridine rings is 1. The summed E-state index contributed by atoms with van der Waals surface area (Å²) in [5.74, 6) is -0.643. The minimum Gasteiger partial charge on any atom is -0.478 e. The van der Waals surface area contributed by atoms with Crippen LogP contribution in [0.15, 0.2) is 36.5 Å². The predicted octanol–water partition coefficient (Wildman–Crippen LogP) is 1.65. The normalized spacial score (nSPS) is 10.2. The minimum absolute atomic E-state index is 0.0266. The number of carboxylic acid groups (broad SMARTS) is 1. The van der Waals surface area contributed by atoms with Crippen LogP contribution in [0.2, 0.25) is 0 Å². The fourth-order valence-corrected chi connectivity index (χ4v) is 1.50. The lowest BCUT2D eigenvalue weighted by Gasteiger charge is -2.09. The molecule has 0 saturated carbocycles. The third kappa shape index (κ3) is 2.80. The summed E-state index contributed by atoms with van der Waals surface area (Å²) < 4.78 is 5.42. The first-order valence-electron chi connectivity index (χ1n) is 5.47. The maximum atomic E-state index is 10.9. The Balaban J connectivity index is 2.27. The first-order valence-corrected chi connectivity index (χ1v) is 5.47. The van der Waals surface area contributed by atoms with Crippen molar-refractivity contribution in [3.8, 4) is 11.6 Å². The van der Waals surface area contributed by atoms with Crippen molar-refractivity contribution in [1.29, 1.82) is 0 Å². The average molecular weight is 260 g/mol. The van der Waals surface area contributed by atoms with Gasteiger partial charge in [0.15, 0.2) is 0 Å². The number of benzene rings is 1. The van der Waals surface area contributed by atoms with Gasteiger partial charge in [0.25, 0.3) is 0 Å². The van der Waals surface area contributed by atoms with Crippen LogP contribution in [0.4, 0.5) is 5.69 Å². The van der Waals surface area contributed by atoms with Crippen LogP contribution < -0.4 is 10.5 Å². The third-order valence-electron chi connectivity index (χ3n) is 2.50. The number of nitrogens with two attached hydrogens (primary N) is 1. The molecule has 98 valence electrons. The number of hydrogen-bond donors (Lipinski definition) is 3. The van der Waals surface area contributed by atoms with Crippen LogP contribution in [0.1, 0.15) is 15.9 Å². The molecule has 6 nitrogen and oxygen atoms in total. The molecule has 0 radical (unpaired) electrons. The molecule has 2 aromatic rings. The van der Waals surface area contributed by atoms with Crippen molar-refractivity contribution in [3.05, 3.63) is 47.7 Å². The highest BCUT2D eigenvalue weighted by Crippen LogP contribution is 2.27. The van der Waals surface area contributed by atoms with E-state index in [0.717, 1.165) is 5.56 Å². The van der Waals surface area contributed by atoms with Gasteiger partial charge in [-0.2, -0.15) is 0 Å². The van der Waals surface area contributed by atoms with E-state index in [-0.39, 0.29) is 23.7 Å². The second-order valence-corrected chi connectivity index (χ2v) is 3.79. The molecule has 0 saturated heterocycles. The van der Waals surface area contributed by atoms with Crippen molar-refractivity contribution < 1.29 is 19.7 Å². The molecule has 6 heteroatoms. The van der Waals surface area contributed by atoms with E-state index in [1.165, 1.54) is 12.3 Å². The number of ether oxygens (including phenoxy) is 1. The number of aliphatic hydroxyl groups excluding tert-OH is 1. The summed E-state index contributed by atoms with van der Waals surface area (Å²) in [6.07, 6.45) is 1.32. The molecule has 2 rings (SSSR count). The maximum Gasteiger partial charge on any atom is 0.338 e. The van der Waals surface area contributed by atoms with E-state index in [1.807, 2.05) is 0 Å². The summed E-state index contributed by atoms with van der Waals surface area (Å²) in [5.41, 5.74) is 6.34. The molecule has 1 aromatic carbocycles. The van der Waals surface area contributed by atoms with E-state index >= 15 is 0 Å². The van der Waals surface area contributed by atoms with E-state index in [4.69, 9.17) is 20.7 Å². The second kappa shape index (κ2) is 5.36. The van der Waals surface area contributed by atoms with Crippen LogP contribution in [0.5, 0.6) is 11.6 Å². The number of anilines is 1. The number of nitrogen functional groups attached to an aromatic ring is 1. The summed E-state index contributed by atoms with van der Waals surface area (Å²) >= 11 is 0. The number of aromatic carboxylic acids is 1. The van der Waals surface area contributed by atoms with Gasteiger partial charge < -0.3 is 20.7 Å². The van der Waals surface area contributed by atoms with Gasteiger partial charge in [-0.1, -0.05) is 12.1 Å². The summed E-state index contributed by atoms with van der Waals surface area (Å²) in [6, 6.07) is 7.96. The number of rotatable bonds is 4. The first kappa shape index (κ1) is 12.8. The van der Waals surface area contributed by atoms with Crippen LogP contribution in [0.3, 0.4) is 0 Å². The van der Waals surface area contributed by atoms with Crippen LogP contribution in [-0.2, 0) is 6.61 Å². The number of nitrogens with zero attached hydrogens (tertiary/aromatic N) is 1. The van der Waals surface area contributed by atoms with Crippen molar-refractivity contribution in [2.75, 3.05) is 5.73 Å². The summed E-state index contributed by atoms with van der Waals surface area (Å²) in [7, 11) is 0. The van der Waals surface area contributed by atoms with E-state index in [9.17, 15) is 4.79 Å². The monoisotopic (exact) mass is 260 g/mol. The second-order valence-electron chi connectivity index (χ2n) is 3.79. The van der Waals surface area contributed by atoms with Crippen molar-refractivity contribution in [3.63, 3.8) is 0 Å². The van der Waals surface area contributed by atoms with Crippen LogP contribution in [-0.4, -0.2) is 21.2 Å². The average Bonchev–Trinajstić information content (AvgIpc) is 2.41. The Morgan fingerprint density at radius 2 is 1.95 bits per heavy atom. The Kier molecular flexibility index (Phi) is 3.63. The van der Waals surface area contributed by atoms with E-state index in [0.29, 0.717) is 5.75 Å². The number of aliphatic hydroxyl groups is 1. The first-order chi connectivity index (χ1) is 9.11. The number of aromatic nitrogens is 1. The molecule has 1 heterocycles. The van der Waals surface area contributed by atoms with Gasteiger partial charge in [0.1, 0.15) is 11.4 Å². The van der Waals surface area contributed by atoms with Gasteiger partial charge in [-0.15, -0.1) is 0 Å². The van der Waals surface area contributed by atoms with Gasteiger partial charge >= 0.3 is 5.97 Å². The van der Waals surface area contributed by atoms with Gasteiger partial charge in [-0.05, 0) is 23.8 Å². The lowest BCUT2D eigenvalue weighted by Crippen LogP contribution is -2.05. The molecule has 1 aromatic heterocycles. The Bertz CT molecular complexity index is 596. The number of carboxylic acids is 1. The summed E-state index contributed by atoms with van der Waals surface area (Å²) in [4.78, 5) is 14.8. The van der Waals surface area contributed by atoms with E-state index in [2.05, 4.69) is 4.98 Å². The Morgan fingerprint density at radius 3 is 2.53 bits per heavy atom. The standard InChI is InChI=1S/C13H12N2O4/c14-11-10(13(17)18)5-6-15-12(11)19-9-3-1-8(7-16)2-4-9/h1-6,16H,7,14H2,(H,17,18). The minimum atomic E-state index is -1.14. The zero-order valence-electron chi connectivity index (χ0n) is 9.91. The van der Waals surface area contributed by atoms with Crippen molar-refractivity contribution in [2.45, 2.75) is 6.61 Å². The Labute approximate surface area is 109 Å². The maximum absolute atomic E-state index is 10.9. The highest BCUT2D eigenvalue weighted by Gasteiger charge is 2.13. The number of hydrogen-bond acceptors (Lipinski definition) is 5. The molecule has 0 aliphatic heterocycles. The van der Waals surface area contributed by atoms with Crippen LogP contribution in [0, 0.1) is 0 Å². The molecule has 0 unspecified atom stereocenters. The largest absolute Gasteiger partial charge is 0.478 e. The molecule has 0 fully saturated rings. The number of carbonyl (C=O) groups is 1. The molecule has 0 aliphatic carbocycles. The highest BCUT2D eigenvalue weighted by atomic mass is 16.5. The summed E-state index contributed by atoms with van der Waals surface area (Å²) in [5, 5.41) is 17.9. The zero-order chi connectivity index (χ0) is 13.8. The predicted molar refractivity (Wildman–Crippen MR) is 68.0 cm³/mol. The quantitative estimate of drug-likeness (QED) is 0.771. The lowest BCUT2D eigenvalue weighted by molar-refractivity contribution is 0.0697. The summed E-state index contributed by atoms with van der Waals surface area (Å²) in [6.45, 7) is -0.0603. The molecule has 0 amide bonds. The molecule has 4 N–H and O–H groups in total. The lowest BCUT2D eigenvalue weighted by atomic mass is 10.2. The molecule has 0 aliphatic rings. The van der Waals surface area contributed by atoms with Gasteiger partial charge in [0.2, 0.25) is 5.88 Å². The van der Waals surface area contributed by atoms with Crippen LogP contribution in [0.25, 0.3) is 0 Å². The van der Waals surface area contributed by atoms with Crippen molar-refractivity contribution in [1.82, 2.24) is 4.98 Å². The highest BCUT2D eigenvalue weighted by molar-refractivity contribution is 5.94. The van der Waals surface area contributed by atoms with E-state index in [1.54, 1.807) is 24.3 Å². The molecule has 19 heavy (non-hydrogen) atoms. The Hall–Kier alpha value is -2.60. The van der Waals surface area contributed by atoms with Gasteiger partial charge in [0.05, 0.1) is 12.2 Å². The van der Waals surface area contributed by atoms with Gasteiger partial charge in [0, 0.05) is 6.20 Å². The van der Waals surface area contributed by atoms with E-state index < -0.39 is 5.97 Å². The SMILES string of the molecule is Nc1c(C(=O)O)ccnc1Oc1ccc(CO)cc1.